The van der Waals surface area contributed by atoms with E-state index in [1.807, 2.05) is 12.1 Å². The lowest BCUT2D eigenvalue weighted by atomic mass is 9.93. The van der Waals surface area contributed by atoms with Crippen molar-refractivity contribution in [1.82, 2.24) is 5.32 Å². The summed E-state index contributed by atoms with van der Waals surface area (Å²) in [5.41, 5.74) is 1.05. The summed E-state index contributed by atoms with van der Waals surface area (Å²) in [5, 5.41) is 7.04. The van der Waals surface area contributed by atoms with Crippen molar-refractivity contribution < 1.29 is 4.39 Å². The standard InChI is InChI=1S/C13H17FN2/c14-11-3-5-12(6-4-11)16-13-9-1-2-10(13)8-15-7-9/h3-6,9-10,13,15-16H,1-2,7-8H2. The maximum absolute atomic E-state index is 12.8. The van der Waals surface area contributed by atoms with Crippen LogP contribution in [0.5, 0.6) is 0 Å². The Labute approximate surface area is 95.2 Å². The summed E-state index contributed by atoms with van der Waals surface area (Å²) in [5.74, 6) is 1.31. The summed E-state index contributed by atoms with van der Waals surface area (Å²) in [6.07, 6.45) is 2.63. The van der Waals surface area contributed by atoms with Crippen LogP contribution in [0.1, 0.15) is 12.8 Å². The molecule has 0 spiro atoms. The molecule has 0 aromatic heterocycles. The van der Waals surface area contributed by atoms with Crippen molar-refractivity contribution in [3.05, 3.63) is 30.1 Å². The summed E-state index contributed by atoms with van der Waals surface area (Å²) in [4.78, 5) is 0. The second kappa shape index (κ2) is 4.06. The lowest BCUT2D eigenvalue weighted by Crippen LogP contribution is -2.45. The van der Waals surface area contributed by atoms with E-state index < -0.39 is 0 Å². The Balaban J connectivity index is 1.72. The predicted octanol–water partition coefficient (Wildman–Crippen LogP) is 2.24. The number of benzene rings is 1. The SMILES string of the molecule is Fc1ccc(NC2C3CCC2CNC3)cc1. The normalized spacial score (nSPS) is 32.7. The molecule has 0 amide bonds. The third kappa shape index (κ3) is 1.80. The number of rotatable bonds is 2. The summed E-state index contributed by atoms with van der Waals surface area (Å²) in [6.45, 7) is 2.24. The first-order chi connectivity index (χ1) is 7.83. The van der Waals surface area contributed by atoms with Gasteiger partial charge in [-0.2, -0.15) is 0 Å². The van der Waals surface area contributed by atoms with Crippen LogP contribution in [0.2, 0.25) is 0 Å². The van der Waals surface area contributed by atoms with E-state index in [1.54, 1.807) is 0 Å². The van der Waals surface area contributed by atoms with Gasteiger partial charge in [-0.3, -0.25) is 0 Å². The average molecular weight is 220 g/mol. The molecule has 2 N–H and O–H groups in total. The average Bonchev–Trinajstić information content (AvgIpc) is 2.52. The van der Waals surface area contributed by atoms with Crippen LogP contribution in [0.25, 0.3) is 0 Å². The van der Waals surface area contributed by atoms with Gasteiger partial charge in [0, 0.05) is 11.7 Å². The minimum atomic E-state index is -0.168. The van der Waals surface area contributed by atoms with Crippen LogP contribution < -0.4 is 10.6 Å². The maximum Gasteiger partial charge on any atom is 0.123 e. The number of halogens is 1. The monoisotopic (exact) mass is 220 g/mol. The van der Waals surface area contributed by atoms with E-state index >= 15 is 0 Å². The molecule has 3 rings (SSSR count). The Kier molecular flexibility index (Phi) is 2.56. The molecular formula is C13H17FN2. The van der Waals surface area contributed by atoms with Crippen LogP contribution in [0.15, 0.2) is 24.3 Å². The first-order valence-corrected chi connectivity index (χ1v) is 6.06. The van der Waals surface area contributed by atoms with Gasteiger partial charge >= 0.3 is 0 Å². The number of fused-ring (bicyclic) bond motifs is 2. The molecule has 2 aliphatic rings. The largest absolute Gasteiger partial charge is 0.382 e. The Bertz CT molecular complexity index is 347. The van der Waals surface area contributed by atoms with Gasteiger partial charge in [0.1, 0.15) is 5.82 Å². The summed E-state index contributed by atoms with van der Waals surface area (Å²) < 4.78 is 12.8. The number of nitrogens with one attached hydrogen (secondary N) is 2. The molecule has 86 valence electrons. The molecule has 1 aromatic rings. The lowest BCUT2D eigenvalue weighted by Gasteiger charge is -2.32. The van der Waals surface area contributed by atoms with Gasteiger partial charge in [0.15, 0.2) is 0 Å². The number of anilines is 1. The summed E-state index contributed by atoms with van der Waals surface area (Å²) >= 11 is 0. The molecule has 16 heavy (non-hydrogen) atoms. The highest BCUT2D eigenvalue weighted by Gasteiger charge is 2.38. The molecule has 1 saturated carbocycles. The Morgan fingerprint density at radius 2 is 1.69 bits per heavy atom. The van der Waals surface area contributed by atoms with Gasteiger partial charge in [0.05, 0.1) is 0 Å². The van der Waals surface area contributed by atoms with Crippen LogP contribution in [-0.4, -0.2) is 19.1 Å². The molecule has 2 atom stereocenters. The highest BCUT2D eigenvalue weighted by Crippen LogP contribution is 2.35. The second-order valence-electron chi connectivity index (χ2n) is 4.93. The number of piperidine rings is 1. The molecule has 2 fully saturated rings. The molecule has 3 heteroatoms. The summed E-state index contributed by atoms with van der Waals surface area (Å²) in [7, 11) is 0. The highest BCUT2D eigenvalue weighted by atomic mass is 19.1. The Morgan fingerprint density at radius 1 is 1.06 bits per heavy atom. The van der Waals surface area contributed by atoms with E-state index in [9.17, 15) is 4.39 Å². The first-order valence-electron chi connectivity index (χ1n) is 6.06. The van der Waals surface area contributed by atoms with E-state index in [-0.39, 0.29) is 5.82 Å². The minimum Gasteiger partial charge on any atom is -0.382 e. The lowest BCUT2D eigenvalue weighted by molar-refractivity contribution is 0.342. The van der Waals surface area contributed by atoms with Gasteiger partial charge in [-0.1, -0.05) is 0 Å². The quantitative estimate of drug-likeness (QED) is 0.798. The predicted molar refractivity (Wildman–Crippen MR) is 62.9 cm³/mol. The van der Waals surface area contributed by atoms with Gasteiger partial charge in [0.2, 0.25) is 0 Å². The molecule has 2 unspecified atom stereocenters. The number of hydrogen-bond acceptors (Lipinski definition) is 2. The minimum absolute atomic E-state index is 0.168. The molecule has 1 aliphatic heterocycles. The van der Waals surface area contributed by atoms with E-state index in [0.717, 1.165) is 30.6 Å². The van der Waals surface area contributed by atoms with E-state index in [4.69, 9.17) is 0 Å². The first kappa shape index (κ1) is 10.1. The van der Waals surface area contributed by atoms with E-state index in [1.165, 1.54) is 25.0 Å². The molecular weight excluding hydrogens is 203 g/mol. The zero-order valence-electron chi connectivity index (χ0n) is 9.25. The van der Waals surface area contributed by atoms with Crippen LogP contribution in [0.4, 0.5) is 10.1 Å². The third-order valence-corrected chi connectivity index (χ3v) is 3.91. The van der Waals surface area contributed by atoms with Crippen molar-refractivity contribution in [3.8, 4) is 0 Å². The van der Waals surface area contributed by atoms with Crippen molar-refractivity contribution in [2.24, 2.45) is 11.8 Å². The van der Waals surface area contributed by atoms with Crippen molar-refractivity contribution >= 4 is 5.69 Å². The third-order valence-electron chi connectivity index (χ3n) is 3.91. The topological polar surface area (TPSA) is 24.1 Å². The fraction of sp³-hybridized carbons (Fsp3) is 0.538. The highest BCUT2D eigenvalue weighted by molar-refractivity contribution is 5.44. The van der Waals surface area contributed by atoms with Crippen molar-refractivity contribution in [1.29, 1.82) is 0 Å². The smallest absolute Gasteiger partial charge is 0.123 e. The zero-order valence-corrected chi connectivity index (χ0v) is 9.25. The zero-order chi connectivity index (χ0) is 11.0. The van der Waals surface area contributed by atoms with Crippen LogP contribution in [-0.2, 0) is 0 Å². The van der Waals surface area contributed by atoms with E-state index in [2.05, 4.69) is 10.6 Å². The van der Waals surface area contributed by atoms with Gasteiger partial charge in [-0.25, -0.2) is 4.39 Å². The molecule has 1 aromatic carbocycles. The number of hydrogen-bond donors (Lipinski definition) is 2. The Morgan fingerprint density at radius 3 is 2.31 bits per heavy atom. The maximum atomic E-state index is 12.8. The van der Waals surface area contributed by atoms with Gasteiger partial charge in [0.25, 0.3) is 0 Å². The molecule has 0 radical (unpaired) electrons. The van der Waals surface area contributed by atoms with Crippen LogP contribution in [0.3, 0.4) is 0 Å². The fourth-order valence-corrected chi connectivity index (χ4v) is 3.06. The molecule has 2 bridgehead atoms. The molecule has 1 aliphatic carbocycles. The van der Waals surface area contributed by atoms with Crippen LogP contribution >= 0.6 is 0 Å². The fourth-order valence-electron chi connectivity index (χ4n) is 3.06. The van der Waals surface area contributed by atoms with Crippen LogP contribution in [0, 0.1) is 17.7 Å². The van der Waals surface area contributed by atoms with Gasteiger partial charge in [-0.15, -0.1) is 0 Å². The molecule has 2 nitrogen and oxygen atoms in total. The van der Waals surface area contributed by atoms with Crippen molar-refractivity contribution in [3.63, 3.8) is 0 Å². The molecule has 1 heterocycles. The van der Waals surface area contributed by atoms with E-state index in [0.29, 0.717) is 6.04 Å². The second-order valence-corrected chi connectivity index (χ2v) is 4.93. The molecule has 1 saturated heterocycles. The Hall–Kier alpha value is -1.09. The van der Waals surface area contributed by atoms with Gasteiger partial charge in [-0.05, 0) is 62.0 Å². The summed E-state index contributed by atoms with van der Waals surface area (Å²) in [6, 6.07) is 7.27. The van der Waals surface area contributed by atoms with Gasteiger partial charge < -0.3 is 10.6 Å². The van der Waals surface area contributed by atoms with Crippen molar-refractivity contribution in [2.75, 3.05) is 18.4 Å². The van der Waals surface area contributed by atoms with Crippen molar-refractivity contribution in [2.45, 2.75) is 18.9 Å².